The van der Waals surface area contributed by atoms with Crippen LogP contribution in [0.25, 0.3) is 0 Å². The van der Waals surface area contributed by atoms with Crippen LogP contribution in [0.1, 0.15) is 30.4 Å². The van der Waals surface area contributed by atoms with Crippen LogP contribution in [0.5, 0.6) is 0 Å². The van der Waals surface area contributed by atoms with Gasteiger partial charge in [0.2, 0.25) is 0 Å². The van der Waals surface area contributed by atoms with Gasteiger partial charge in [0, 0.05) is 6.54 Å². The van der Waals surface area contributed by atoms with Gasteiger partial charge in [-0.3, -0.25) is 4.72 Å². The molecule has 0 fully saturated rings. The zero-order valence-electron chi connectivity index (χ0n) is 8.79. The van der Waals surface area contributed by atoms with Crippen molar-refractivity contribution in [3.05, 3.63) is 35.4 Å². The van der Waals surface area contributed by atoms with Crippen LogP contribution in [-0.2, 0) is 6.42 Å². The second-order valence-electron chi connectivity index (χ2n) is 3.70. The van der Waals surface area contributed by atoms with E-state index in [1.807, 2.05) is 0 Å². The van der Waals surface area contributed by atoms with Crippen molar-refractivity contribution in [2.75, 3.05) is 6.54 Å². The average molecular weight is 209 g/mol. The second-order valence-corrected chi connectivity index (χ2v) is 4.02. The molecule has 0 atom stereocenters. The second kappa shape index (κ2) is 6.91. The summed E-state index contributed by atoms with van der Waals surface area (Å²) in [6, 6.07) is 8.83. The molecule has 0 amide bonds. The lowest BCUT2D eigenvalue weighted by Crippen LogP contribution is -2.00. The van der Waals surface area contributed by atoms with E-state index in [2.05, 4.69) is 48.7 Å². The molecule has 0 saturated carbocycles. The summed E-state index contributed by atoms with van der Waals surface area (Å²) in [6.07, 6.45) is 4.97. The Labute approximate surface area is 92.5 Å². The molecule has 0 saturated heterocycles. The molecule has 0 spiro atoms. The van der Waals surface area contributed by atoms with E-state index >= 15 is 0 Å². The zero-order valence-corrected chi connectivity index (χ0v) is 9.69. The van der Waals surface area contributed by atoms with E-state index in [1.54, 1.807) is 0 Å². The standard InChI is InChI=1S/C12H19NS/c1-11-6-8-12(9-7-11)5-3-2-4-10-13-14/h6-9,13-14H,2-5,10H2,1H3. The van der Waals surface area contributed by atoms with Gasteiger partial charge in [0.25, 0.3) is 0 Å². The van der Waals surface area contributed by atoms with Crippen molar-refractivity contribution in [2.24, 2.45) is 0 Å². The average Bonchev–Trinajstić information content (AvgIpc) is 2.21. The molecule has 0 aliphatic carbocycles. The number of aryl methyl sites for hydroxylation is 2. The van der Waals surface area contributed by atoms with E-state index in [1.165, 1.54) is 36.8 Å². The molecule has 1 N–H and O–H groups in total. The molecule has 1 rings (SSSR count). The van der Waals surface area contributed by atoms with Crippen molar-refractivity contribution in [1.82, 2.24) is 4.72 Å². The molecule has 0 radical (unpaired) electrons. The molecule has 0 aliphatic rings. The maximum absolute atomic E-state index is 3.95. The third-order valence-corrected chi connectivity index (χ3v) is 2.60. The summed E-state index contributed by atoms with van der Waals surface area (Å²) in [5, 5.41) is 0. The van der Waals surface area contributed by atoms with Crippen LogP contribution in [0, 0.1) is 6.92 Å². The first-order valence-electron chi connectivity index (χ1n) is 5.25. The van der Waals surface area contributed by atoms with Crippen LogP contribution in [0.3, 0.4) is 0 Å². The molecule has 0 aliphatic heterocycles. The monoisotopic (exact) mass is 209 g/mol. The van der Waals surface area contributed by atoms with Gasteiger partial charge in [-0.15, -0.1) is 0 Å². The quantitative estimate of drug-likeness (QED) is 0.542. The number of unbranched alkanes of at least 4 members (excludes halogenated alkanes) is 2. The third-order valence-electron chi connectivity index (χ3n) is 2.37. The molecule has 14 heavy (non-hydrogen) atoms. The first kappa shape index (κ1) is 11.6. The Balaban J connectivity index is 2.15. The van der Waals surface area contributed by atoms with E-state index in [4.69, 9.17) is 0 Å². The van der Waals surface area contributed by atoms with Gasteiger partial charge in [-0.05, 0) is 31.7 Å². The van der Waals surface area contributed by atoms with Gasteiger partial charge in [-0.1, -0.05) is 49.1 Å². The molecule has 0 aromatic heterocycles. The lowest BCUT2D eigenvalue weighted by Gasteiger charge is -2.02. The Morgan fingerprint density at radius 1 is 1.07 bits per heavy atom. The van der Waals surface area contributed by atoms with Crippen molar-refractivity contribution in [2.45, 2.75) is 32.6 Å². The van der Waals surface area contributed by atoms with Gasteiger partial charge < -0.3 is 0 Å². The largest absolute Gasteiger partial charge is 0.267 e. The van der Waals surface area contributed by atoms with Gasteiger partial charge in [0.1, 0.15) is 0 Å². The summed E-state index contributed by atoms with van der Waals surface area (Å²) in [5.41, 5.74) is 2.79. The minimum absolute atomic E-state index is 1.01. The number of rotatable bonds is 6. The molecule has 0 bridgehead atoms. The molecule has 1 aromatic carbocycles. The van der Waals surface area contributed by atoms with Crippen LogP contribution in [0.15, 0.2) is 24.3 Å². The Kier molecular flexibility index (Phi) is 5.72. The Morgan fingerprint density at radius 3 is 2.43 bits per heavy atom. The number of hydrogen-bond donors (Lipinski definition) is 2. The Hall–Kier alpha value is -0.470. The van der Waals surface area contributed by atoms with Crippen LogP contribution >= 0.6 is 12.8 Å². The van der Waals surface area contributed by atoms with Gasteiger partial charge in [-0.2, -0.15) is 0 Å². The smallest absolute Gasteiger partial charge is 0.00561 e. The van der Waals surface area contributed by atoms with Crippen molar-refractivity contribution >= 4 is 12.8 Å². The summed E-state index contributed by atoms with van der Waals surface area (Å²) in [6.45, 7) is 3.14. The zero-order chi connectivity index (χ0) is 10.2. The summed E-state index contributed by atoms with van der Waals surface area (Å²) in [7, 11) is 0. The lowest BCUT2D eigenvalue weighted by atomic mass is 10.1. The van der Waals surface area contributed by atoms with Crippen LogP contribution in [0.4, 0.5) is 0 Å². The summed E-state index contributed by atoms with van der Waals surface area (Å²) in [5.74, 6) is 0. The van der Waals surface area contributed by atoms with Gasteiger partial charge >= 0.3 is 0 Å². The highest BCUT2D eigenvalue weighted by molar-refractivity contribution is 7.78. The van der Waals surface area contributed by atoms with Crippen molar-refractivity contribution < 1.29 is 0 Å². The number of benzene rings is 1. The van der Waals surface area contributed by atoms with Gasteiger partial charge in [-0.25, -0.2) is 0 Å². The summed E-state index contributed by atoms with van der Waals surface area (Å²) in [4.78, 5) is 0. The van der Waals surface area contributed by atoms with Gasteiger partial charge in [0.05, 0.1) is 0 Å². The minimum atomic E-state index is 1.01. The topological polar surface area (TPSA) is 12.0 Å². The number of hydrogen-bond acceptors (Lipinski definition) is 2. The first-order chi connectivity index (χ1) is 6.83. The first-order valence-corrected chi connectivity index (χ1v) is 5.70. The van der Waals surface area contributed by atoms with E-state index in [0.717, 1.165) is 6.54 Å². The summed E-state index contributed by atoms with van der Waals surface area (Å²) >= 11 is 3.95. The molecule has 2 heteroatoms. The van der Waals surface area contributed by atoms with Crippen molar-refractivity contribution in [3.8, 4) is 0 Å². The Bertz CT molecular complexity index is 243. The third kappa shape index (κ3) is 4.68. The fourth-order valence-corrected chi connectivity index (χ4v) is 1.62. The van der Waals surface area contributed by atoms with E-state index in [-0.39, 0.29) is 0 Å². The highest BCUT2D eigenvalue weighted by Crippen LogP contribution is 2.07. The fraction of sp³-hybridized carbons (Fsp3) is 0.500. The van der Waals surface area contributed by atoms with E-state index in [0.29, 0.717) is 0 Å². The van der Waals surface area contributed by atoms with Crippen LogP contribution in [0.2, 0.25) is 0 Å². The molecule has 0 unspecified atom stereocenters. The predicted molar refractivity (Wildman–Crippen MR) is 65.7 cm³/mol. The number of thiol groups is 1. The van der Waals surface area contributed by atoms with E-state index < -0.39 is 0 Å². The van der Waals surface area contributed by atoms with Gasteiger partial charge in [0.15, 0.2) is 0 Å². The van der Waals surface area contributed by atoms with Crippen molar-refractivity contribution in [3.63, 3.8) is 0 Å². The van der Waals surface area contributed by atoms with Crippen LogP contribution in [-0.4, -0.2) is 6.54 Å². The molecular weight excluding hydrogens is 190 g/mol. The lowest BCUT2D eigenvalue weighted by molar-refractivity contribution is 0.674. The maximum atomic E-state index is 3.95. The normalized spacial score (nSPS) is 10.4. The highest BCUT2D eigenvalue weighted by Gasteiger charge is 1.93. The molecule has 1 aromatic rings. The molecule has 78 valence electrons. The predicted octanol–water partition coefficient (Wildman–Crippen LogP) is 3.14. The fourth-order valence-electron chi connectivity index (χ4n) is 1.46. The highest BCUT2D eigenvalue weighted by atomic mass is 32.1. The summed E-state index contributed by atoms with van der Waals surface area (Å²) < 4.78 is 2.87. The van der Waals surface area contributed by atoms with Crippen molar-refractivity contribution in [1.29, 1.82) is 0 Å². The minimum Gasteiger partial charge on any atom is -0.267 e. The molecule has 0 heterocycles. The number of nitrogens with one attached hydrogen (secondary N) is 1. The van der Waals surface area contributed by atoms with Crippen LogP contribution < -0.4 is 4.72 Å². The molecule has 1 nitrogen and oxygen atoms in total. The Morgan fingerprint density at radius 2 is 1.79 bits per heavy atom. The molecular formula is C12H19NS. The SMILES string of the molecule is Cc1ccc(CCCCCNS)cc1. The van der Waals surface area contributed by atoms with E-state index in [9.17, 15) is 0 Å². The maximum Gasteiger partial charge on any atom is 0.00561 e.